The summed E-state index contributed by atoms with van der Waals surface area (Å²) in [6.07, 6.45) is -1.19. The Balaban J connectivity index is 1.63. The van der Waals surface area contributed by atoms with Gasteiger partial charge in [-0.1, -0.05) is 17.7 Å². The third-order valence-corrected chi connectivity index (χ3v) is 4.57. The first-order valence-corrected chi connectivity index (χ1v) is 9.38. The highest BCUT2D eigenvalue weighted by atomic mass is 35.5. The maximum absolute atomic E-state index is 13.4. The van der Waals surface area contributed by atoms with Crippen LogP contribution in [0.25, 0.3) is 0 Å². The lowest BCUT2D eigenvalue weighted by Crippen LogP contribution is -2.46. The highest BCUT2D eigenvalue weighted by Gasteiger charge is 2.49. The van der Waals surface area contributed by atoms with Gasteiger partial charge in [-0.2, -0.15) is 0 Å². The van der Waals surface area contributed by atoms with Crippen LogP contribution in [0.15, 0.2) is 42.5 Å². The number of ether oxygens (including phenoxy) is 1. The lowest BCUT2D eigenvalue weighted by atomic mass is 10.2. The summed E-state index contributed by atoms with van der Waals surface area (Å²) in [5.41, 5.74) is 1.30. The molecule has 3 amide bonds. The minimum Gasteiger partial charge on any atom is -0.407 e. The van der Waals surface area contributed by atoms with Gasteiger partial charge < -0.3 is 25.4 Å². The van der Waals surface area contributed by atoms with Crippen LogP contribution in [0.1, 0.15) is 18.9 Å². The number of nitrogens with zero attached hydrogens (tertiary/aromatic N) is 1. The van der Waals surface area contributed by atoms with Gasteiger partial charge in [0.25, 0.3) is 11.7 Å². The van der Waals surface area contributed by atoms with Crippen LogP contribution >= 0.6 is 11.6 Å². The van der Waals surface area contributed by atoms with Crippen LogP contribution in [0.3, 0.4) is 0 Å². The minimum atomic E-state index is -2.34. The number of benzene rings is 2. The average molecular weight is 436 g/mol. The molecule has 0 radical (unpaired) electrons. The van der Waals surface area contributed by atoms with E-state index >= 15 is 0 Å². The van der Waals surface area contributed by atoms with Crippen molar-refractivity contribution in [3.63, 3.8) is 0 Å². The SMILES string of the molecule is CC(=O)Nc1cccc(N2CCC(O)(OC(=O)NCc3cc(F)cc(Cl)c3)C2=O)c1. The summed E-state index contributed by atoms with van der Waals surface area (Å²) in [5, 5.41) is 15.7. The van der Waals surface area contributed by atoms with Gasteiger partial charge in [-0.15, -0.1) is 0 Å². The first-order valence-electron chi connectivity index (χ1n) is 9.00. The van der Waals surface area contributed by atoms with Crippen molar-refractivity contribution in [2.75, 3.05) is 16.8 Å². The fourth-order valence-electron chi connectivity index (χ4n) is 3.06. The van der Waals surface area contributed by atoms with Gasteiger partial charge in [-0.3, -0.25) is 9.59 Å². The van der Waals surface area contributed by atoms with Gasteiger partial charge >= 0.3 is 6.09 Å². The highest BCUT2D eigenvalue weighted by molar-refractivity contribution is 6.30. The van der Waals surface area contributed by atoms with Crippen LogP contribution in [-0.2, 0) is 20.9 Å². The molecule has 3 rings (SSSR count). The van der Waals surface area contributed by atoms with Crippen LogP contribution in [0.2, 0.25) is 5.02 Å². The molecule has 0 saturated carbocycles. The maximum atomic E-state index is 13.4. The van der Waals surface area contributed by atoms with Crippen molar-refractivity contribution in [2.45, 2.75) is 25.7 Å². The molecule has 1 saturated heterocycles. The molecule has 1 fully saturated rings. The van der Waals surface area contributed by atoms with Gasteiger partial charge in [-0.05, 0) is 42.0 Å². The van der Waals surface area contributed by atoms with E-state index in [1.165, 1.54) is 24.0 Å². The quantitative estimate of drug-likeness (QED) is 0.626. The second-order valence-electron chi connectivity index (χ2n) is 6.74. The van der Waals surface area contributed by atoms with E-state index < -0.39 is 23.6 Å². The van der Waals surface area contributed by atoms with E-state index in [4.69, 9.17) is 16.3 Å². The Morgan fingerprint density at radius 1 is 1.30 bits per heavy atom. The molecule has 158 valence electrons. The Morgan fingerprint density at radius 2 is 2.07 bits per heavy atom. The molecule has 8 nitrogen and oxygen atoms in total. The summed E-state index contributed by atoms with van der Waals surface area (Å²) in [4.78, 5) is 37.2. The van der Waals surface area contributed by atoms with E-state index in [1.54, 1.807) is 24.3 Å². The van der Waals surface area contributed by atoms with Gasteiger partial charge in [0.2, 0.25) is 5.91 Å². The molecule has 1 aliphatic heterocycles. The zero-order valence-corrected chi connectivity index (χ0v) is 16.7. The number of hydrogen-bond acceptors (Lipinski definition) is 5. The molecule has 0 spiro atoms. The normalized spacial score (nSPS) is 18.3. The number of aliphatic hydroxyl groups is 1. The molecule has 0 aliphatic carbocycles. The van der Waals surface area contributed by atoms with Gasteiger partial charge in [0.1, 0.15) is 5.82 Å². The molecule has 0 aromatic heterocycles. The Bertz CT molecular complexity index is 982. The predicted octanol–water partition coefficient (Wildman–Crippen LogP) is 2.79. The van der Waals surface area contributed by atoms with Crippen molar-refractivity contribution in [1.29, 1.82) is 0 Å². The first-order chi connectivity index (χ1) is 14.2. The zero-order chi connectivity index (χ0) is 21.9. The number of hydrogen-bond donors (Lipinski definition) is 3. The van der Waals surface area contributed by atoms with E-state index in [0.29, 0.717) is 16.9 Å². The van der Waals surface area contributed by atoms with E-state index in [-0.39, 0.29) is 30.4 Å². The molecule has 1 aliphatic rings. The van der Waals surface area contributed by atoms with Crippen molar-refractivity contribution in [3.8, 4) is 0 Å². The standard InChI is InChI=1S/C20H19ClFN3O5/c1-12(26)24-16-3-2-4-17(10-16)25-6-5-20(29,18(25)27)30-19(28)23-11-13-7-14(21)9-15(22)8-13/h2-4,7-10,29H,5-6,11H2,1H3,(H,23,28)(H,24,26). The lowest BCUT2D eigenvalue weighted by molar-refractivity contribution is -0.175. The summed E-state index contributed by atoms with van der Waals surface area (Å²) >= 11 is 5.76. The molecule has 1 heterocycles. The number of halogens is 2. The molecule has 3 N–H and O–H groups in total. The maximum Gasteiger partial charge on any atom is 0.410 e. The van der Waals surface area contributed by atoms with Crippen molar-refractivity contribution in [2.24, 2.45) is 0 Å². The largest absolute Gasteiger partial charge is 0.410 e. The average Bonchev–Trinajstić information content (AvgIpc) is 2.94. The summed E-state index contributed by atoms with van der Waals surface area (Å²) < 4.78 is 18.3. The van der Waals surface area contributed by atoms with Crippen LogP contribution in [0.4, 0.5) is 20.6 Å². The van der Waals surface area contributed by atoms with Gasteiger partial charge in [0, 0.05) is 42.8 Å². The molecule has 2 aromatic carbocycles. The summed E-state index contributed by atoms with van der Waals surface area (Å²) in [6, 6.07) is 10.3. The lowest BCUT2D eigenvalue weighted by Gasteiger charge is -2.22. The van der Waals surface area contributed by atoms with Crippen LogP contribution in [-0.4, -0.2) is 35.3 Å². The second-order valence-corrected chi connectivity index (χ2v) is 7.18. The number of anilines is 2. The third kappa shape index (κ3) is 5.05. The van der Waals surface area contributed by atoms with E-state index in [2.05, 4.69) is 10.6 Å². The van der Waals surface area contributed by atoms with E-state index in [9.17, 15) is 23.9 Å². The number of carbonyl (C=O) groups excluding carboxylic acids is 3. The summed E-state index contributed by atoms with van der Waals surface area (Å²) in [5.74, 6) is -3.98. The molecular formula is C20H19ClFN3O5. The predicted molar refractivity (Wildman–Crippen MR) is 107 cm³/mol. The summed E-state index contributed by atoms with van der Waals surface area (Å²) in [6.45, 7) is 1.35. The molecule has 10 heteroatoms. The molecule has 2 aromatic rings. The third-order valence-electron chi connectivity index (χ3n) is 4.35. The number of alkyl carbamates (subject to hydrolysis) is 1. The monoisotopic (exact) mass is 435 g/mol. The Labute approximate surface area is 176 Å². The number of amides is 3. The molecule has 30 heavy (non-hydrogen) atoms. The number of rotatable bonds is 5. The van der Waals surface area contributed by atoms with Crippen LogP contribution < -0.4 is 15.5 Å². The van der Waals surface area contributed by atoms with Gasteiger partial charge in [0.15, 0.2) is 0 Å². The Hall–Kier alpha value is -3.17. The smallest absolute Gasteiger partial charge is 0.407 e. The summed E-state index contributed by atoms with van der Waals surface area (Å²) in [7, 11) is 0. The zero-order valence-electron chi connectivity index (χ0n) is 15.9. The van der Waals surface area contributed by atoms with Crippen molar-refractivity contribution in [1.82, 2.24) is 5.32 Å². The van der Waals surface area contributed by atoms with Crippen LogP contribution in [0.5, 0.6) is 0 Å². The van der Waals surface area contributed by atoms with Gasteiger partial charge in [0.05, 0.1) is 0 Å². The van der Waals surface area contributed by atoms with Crippen molar-refractivity contribution >= 4 is 40.9 Å². The minimum absolute atomic E-state index is 0.103. The van der Waals surface area contributed by atoms with Crippen molar-refractivity contribution < 1.29 is 28.6 Å². The Morgan fingerprint density at radius 3 is 2.77 bits per heavy atom. The fourth-order valence-corrected chi connectivity index (χ4v) is 3.30. The highest BCUT2D eigenvalue weighted by Crippen LogP contribution is 2.30. The Kier molecular flexibility index (Phi) is 6.23. The van der Waals surface area contributed by atoms with E-state index in [0.717, 1.165) is 6.07 Å². The number of nitrogens with one attached hydrogen (secondary N) is 2. The fraction of sp³-hybridized carbons (Fsp3) is 0.250. The molecule has 1 atom stereocenters. The van der Waals surface area contributed by atoms with Crippen molar-refractivity contribution in [3.05, 3.63) is 58.9 Å². The molecular weight excluding hydrogens is 417 g/mol. The van der Waals surface area contributed by atoms with Crippen LogP contribution in [0, 0.1) is 5.82 Å². The van der Waals surface area contributed by atoms with E-state index in [1.807, 2.05) is 0 Å². The molecule has 0 bridgehead atoms. The topological polar surface area (TPSA) is 108 Å². The van der Waals surface area contributed by atoms with Gasteiger partial charge in [-0.25, -0.2) is 9.18 Å². The number of carbonyl (C=O) groups is 3. The molecule has 1 unspecified atom stereocenters. The first kappa shape index (κ1) is 21.5. The second kappa shape index (κ2) is 8.68.